The molecule has 0 fully saturated rings. The zero-order chi connectivity index (χ0) is 13.4. The molecule has 98 valence electrons. The topological polar surface area (TPSA) is 51.2 Å². The standard InChI is InChI=1S/C15H16N2O2/c1-3-17-12(6-7-16-17)15(18)14-9-11-8-10(2)4-5-13(11)19-14/h4-9,15,18H,3H2,1-2H3. The quantitative estimate of drug-likeness (QED) is 0.783. The van der Waals surface area contributed by atoms with E-state index in [-0.39, 0.29) is 0 Å². The number of fused-ring (bicyclic) bond motifs is 1. The van der Waals surface area contributed by atoms with E-state index in [4.69, 9.17) is 4.42 Å². The number of aromatic nitrogens is 2. The van der Waals surface area contributed by atoms with Gasteiger partial charge in [0.15, 0.2) is 6.10 Å². The molecule has 0 saturated heterocycles. The van der Waals surface area contributed by atoms with Crippen molar-refractivity contribution >= 4 is 11.0 Å². The average Bonchev–Trinajstić information content (AvgIpc) is 3.03. The van der Waals surface area contributed by atoms with Crippen LogP contribution in [-0.2, 0) is 6.54 Å². The molecule has 0 spiro atoms. The van der Waals surface area contributed by atoms with Crippen LogP contribution in [0.3, 0.4) is 0 Å². The van der Waals surface area contributed by atoms with Crippen molar-refractivity contribution in [3.05, 3.63) is 53.5 Å². The second-order valence-electron chi connectivity index (χ2n) is 4.66. The number of aliphatic hydroxyl groups is 1. The van der Waals surface area contributed by atoms with Crippen LogP contribution in [0.25, 0.3) is 11.0 Å². The highest BCUT2D eigenvalue weighted by atomic mass is 16.4. The zero-order valence-electron chi connectivity index (χ0n) is 11.0. The van der Waals surface area contributed by atoms with Crippen LogP contribution in [0.5, 0.6) is 0 Å². The highest BCUT2D eigenvalue weighted by molar-refractivity contribution is 5.78. The molecule has 0 saturated carbocycles. The van der Waals surface area contributed by atoms with Gasteiger partial charge >= 0.3 is 0 Å². The van der Waals surface area contributed by atoms with Crippen LogP contribution in [0.1, 0.15) is 30.0 Å². The van der Waals surface area contributed by atoms with E-state index in [1.165, 1.54) is 5.56 Å². The third-order valence-corrected chi connectivity index (χ3v) is 3.29. The Hall–Kier alpha value is -2.07. The Morgan fingerprint density at radius 2 is 2.16 bits per heavy atom. The summed E-state index contributed by atoms with van der Waals surface area (Å²) >= 11 is 0. The Kier molecular flexibility index (Phi) is 2.87. The fraction of sp³-hybridized carbons (Fsp3) is 0.267. The number of hydrogen-bond donors (Lipinski definition) is 1. The van der Waals surface area contributed by atoms with E-state index in [1.54, 1.807) is 10.9 Å². The third kappa shape index (κ3) is 2.04. The lowest BCUT2D eigenvalue weighted by Crippen LogP contribution is -2.08. The molecule has 1 N–H and O–H groups in total. The smallest absolute Gasteiger partial charge is 0.153 e. The van der Waals surface area contributed by atoms with E-state index in [0.29, 0.717) is 5.76 Å². The van der Waals surface area contributed by atoms with Gasteiger partial charge < -0.3 is 9.52 Å². The lowest BCUT2D eigenvalue weighted by Gasteiger charge is -2.09. The maximum Gasteiger partial charge on any atom is 0.153 e. The van der Waals surface area contributed by atoms with Gasteiger partial charge in [-0.3, -0.25) is 4.68 Å². The molecule has 0 aliphatic heterocycles. The summed E-state index contributed by atoms with van der Waals surface area (Å²) < 4.78 is 7.48. The van der Waals surface area contributed by atoms with Crippen LogP contribution in [0.2, 0.25) is 0 Å². The number of furan rings is 1. The van der Waals surface area contributed by atoms with Crippen molar-refractivity contribution < 1.29 is 9.52 Å². The molecule has 2 aromatic heterocycles. The molecule has 0 aliphatic rings. The van der Waals surface area contributed by atoms with Gasteiger partial charge in [0.1, 0.15) is 11.3 Å². The van der Waals surface area contributed by atoms with Crippen LogP contribution < -0.4 is 0 Å². The van der Waals surface area contributed by atoms with Crippen LogP contribution in [-0.4, -0.2) is 14.9 Å². The number of nitrogens with zero attached hydrogens (tertiary/aromatic N) is 2. The molecule has 1 aromatic carbocycles. The molecule has 1 atom stereocenters. The van der Waals surface area contributed by atoms with E-state index in [0.717, 1.165) is 23.2 Å². The van der Waals surface area contributed by atoms with Crippen LogP contribution in [0.4, 0.5) is 0 Å². The molecule has 2 heterocycles. The Balaban J connectivity index is 2.04. The molecular weight excluding hydrogens is 240 g/mol. The fourth-order valence-electron chi connectivity index (χ4n) is 2.30. The van der Waals surface area contributed by atoms with Gasteiger partial charge in [-0.25, -0.2) is 0 Å². The number of rotatable bonds is 3. The normalized spacial score (nSPS) is 13.0. The minimum Gasteiger partial charge on any atom is -0.458 e. The molecular formula is C15H16N2O2. The van der Waals surface area contributed by atoms with E-state index in [2.05, 4.69) is 5.10 Å². The predicted molar refractivity (Wildman–Crippen MR) is 72.9 cm³/mol. The van der Waals surface area contributed by atoms with Crippen molar-refractivity contribution in [1.29, 1.82) is 0 Å². The van der Waals surface area contributed by atoms with Gasteiger partial charge in [0.2, 0.25) is 0 Å². The lowest BCUT2D eigenvalue weighted by atomic mass is 10.1. The molecule has 0 radical (unpaired) electrons. The van der Waals surface area contributed by atoms with E-state index >= 15 is 0 Å². The molecule has 0 aliphatic carbocycles. The number of aliphatic hydroxyl groups excluding tert-OH is 1. The van der Waals surface area contributed by atoms with E-state index in [1.807, 2.05) is 44.2 Å². The minimum absolute atomic E-state index is 0.552. The van der Waals surface area contributed by atoms with Crippen molar-refractivity contribution in [3.63, 3.8) is 0 Å². The first-order valence-corrected chi connectivity index (χ1v) is 6.39. The molecule has 4 nitrogen and oxygen atoms in total. The molecule has 3 aromatic rings. The van der Waals surface area contributed by atoms with Crippen LogP contribution in [0.15, 0.2) is 40.9 Å². The summed E-state index contributed by atoms with van der Waals surface area (Å²) in [6, 6.07) is 9.68. The van der Waals surface area contributed by atoms with Crippen molar-refractivity contribution in [1.82, 2.24) is 9.78 Å². The highest BCUT2D eigenvalue weighted by Gasteiger charge is 2.19. The molecule has 3 rings (SSSR count). The SMILES string of the molecule is CCn1nccc1C(O)c1cc2cc(C)ccc2o1. The van der Waals surface area contributed by atoms with Crippen molar-refractivity contribution in [2.24, 2.45) is 0 Å². The zero-order valence-corrected chi connectivity index (χ0v) is 11.0. The summed E-state index contributed by atoms with van der Waals surface area (Å²) in [4.78, 5) is 0. The Morgan fingerprint density at radius 1 is 1.32 bits per heavy atom. The molecule has 19 heavy (non-hydrogen) atoms. The summed E-state index contributed by atoms with van der Waals surface area (Å²) in [6.45, 7) is 4.75. The van der Waals surface area contributed by atoms with Gasteiger partial charge in [0.25, 0.3) is 0 Å². The van der Waals surface area contributed by atoms with Crippen molar-refractivity contribution in [2.75, 3.05) is 0 Å². The van der Waals surface area contributed by atoms with Crippen molar-refractivity contribution in [3.8, 4) is 0 Å². The predicted octanol–water partition coefficient (Wildman–Crippen LogP) is 3.04. The first kappa shape index (κ1) is 12.0. The third-order valence-electron chi connectivity index (χ3n) is 3.29. The summed E-state index contributed by atoms with van der Waals surface area (Å²) in [7, 11) is 0. The maximum atomic E-state index is 10.4. The second kappa shape index (κ2) is 4.55. The van der Waals surface area contributed by atoms with Crippen molar-refractivity contribution in [2.45, 2.75) is 26.5 Å². The summed E-state index contributed by atoms with van der Waals surface area (Å²) in [5.74, 6) is 0.552. The minimum atomic E-state index is -0.782. The monoisotopic (exact) mass is 256 g/mol. The Bertz CT molecular complexity index is 712. The van der Waals surface area contributed by atoms with Gasteiger partial charge in [-0.1, -0.05) is 11.6 Å². The van der Waals surface area contributed by atoms with Gasteiger partial charge in [-0.15, -0.1) is 0 Å². The Labute approximate surface area is 111 Å². The largest absolute Gasteiger partial charge is 0.458 e. The summed E-state index contributed by atoms with van der Waals surface area (Å²) in [6.07, 6.45) is 0.907. The fourth-order valence-corrected chi connectivity index (χ4v) is 2.30. The van der Waals surface area contributed by atoms with Crippen LogP contribution >= 0.6 is 0 Å². The molecule has 4 heteroatoms. The first-order valence-electron chi connectivity index (χ1n) is 6.39. The Morgan fingerprint density at radius 3 is 2.95 bits per heavy atom. The first-order chi connectivity index (χ1) is 9.19. The lowest BCUT2D eigenvalue weighted by molar-refractivity contribution is 0.181. The van der Waals surface area contributed by atoms with E-state index in [9.17, 15) is 5.11 Å². The molecule has 0 bridgehead atoms. The number of hydrogen-bond acceptors (Lipinski definition) is 3. The van der Waals surface area contributed by atoms with Gasteiger partial charge in [0.05, 0.1) is 5.69 Å². The van der Waals surface area contributed by atoms with Gasteiger partial charge in [-0.2, -0.15) is 5.10 Å². The van der Waals surface area contributed by atoms with Crippen LogP contribution in [0, 0.1) is 6.92 Å². The second-order valence-corrected chi connectivity index (χ2v) is 4.66. The summed E-state index contributed by atoms with van der Waals surface area (Å²) in [5.41, 5.74) is 2.72. The number of benzene rings is 1. The molecule has 0 amide bonds. The van der Waals surface area contributed by atoms with Gasteiger partial charge in [-0.05, 0) is 38.1 Å². The van der Waals surface area contributed by atoms with E-state index < -0.39 is 6.10 Å². The maximum absolute atomic E-state index is 10.4. The van der Waals surface area contributed by atoms with Gasteiger partial charge in [0, 0.05) is 18.1 Å². The average molecular weight is 256 g/mol. The summed E-state index contributed by atoms with van der Waals surface area (Å²) in [5, 5.41) is 15.6. The number of aryl methyl sites for hydroxylation is 2. The molecule has 1 unspecified atom stereocenters. The highest BCUT2D eigenvalue weighted by Crippen LogP contribution is 2.28.